The molecule has 0 radical (unpaired) electrons. The third-order valence-electron chi connectivity index (χ3n) is 6.13. The van der Waals surface area contributed by atoms with Gasteiger partial charge in [0.05, 0.1) is 28.4 Å². The van der Waals surface area contributed by atoms with Gasteiger partial charge >= 0.3 is 6.18 Å². The van der Waals surface area contributed by atoms with E-state index in [2.05, 4.69) is 10.3 Å². The average Bonchev–Trinajstić information content (AvgIpc) is 3.29. The lowest BCUT2D eigenvalue weighted by Gasteiger charge is -2.34. The number of morpholine rings is 1. The van der Waals surface area contributed by atoms with Gasteiger partial charge in [-0.3, -0.25) is 4.79 Å². The van der Waals surface area contributed by atoms with Crippen LogP contribution >= 0.6 is 11.3 Å². The van der Waals surface area contributed by atoms with E-state index in [4.69, 9.17) is 4.74 Å². The lowest BCUT2D eigenvalue weighted by Crippen LogP contribution is -2.52. The number of thiophene rings is 1. The second-order valence-electron chi connectivity index (χ2n) is 7.68. The molecular weight excluding hydrogens is 395 g/mol. The number of fused-ring (bicyclic) bond motifs is 2. The Hall–Kier alpha value is -1.75. The summed E-state index contributed by atoms with van der Waals surface area (Å²) in [5.41, 5.74) is -2.00. The number of nitrogens with one attached hydrogen (secondary N) is 1. The van der Waals surface area contributed by atoms with Crippen LogP contribution in [-0.4, -0.2) is 65.4 Å². The summed E-state index contributed by atoms with van der Waals surface area (Å²) in [4.78, 5) is 18.3. The minimum atomic E-state index is -4.73. The van der Waals surface area contributed by atoms with Crippen LogP contribution in [0.25, 0.3) is 10.2 Å². The molecule has 1 spiro atoms. The third-order valence-corrected chi connectivity index (χ3v) is 6.99. The van der Waals surface area contributed by atoms with Gasteiger partial charge in [0.1, 0.15) is 5.60 Å². The number of aliphatic hydroxyl groups excluding tert-OH is 1. The van der Waals surface area contributed by atoms with Crippen molar-refractivity contribution in [3.8, 4) is 0 Å². The van der Waals surface area contributed by atoms with Crippen LogP contribution in [0.3, 0.4) is 0 Å². The van der Waals surface area contributed by atoms with Crippen LogP contribution in [0.4, 0.5) is 13.2 Å². The van der Waals surface area contributed by atoms with Gasteiger partial charge in [0, 0.05) is 38.1 Å². The Morgan fingerprint density at radius 2 is 2.32 bits per heavy atom. The van der Waals surface area contributed by atoms with Crippen molar-refractivity contribution in [2.75, 3.05) is 32.8 Å². The van der Waals surface area contributed by atoms with Gasteiger partial charge in [0.15, 0.2) is 5.69 Å². The fourth-order valence-electron chi connectivity index (χ4n) is 4.90. The van der Waals surface area contributed by atoms with E-state index >= 15 is 0 Å². The molecule has 5 rings (SSSR count). The van der Waals surface area contributed by atoms with E-state index < -0.39 is 28.9 Å². The fourth-order valence-corrected chi connectivity index (χ4v) is 5.66. The minimum Gasteiger partial charge on any atom is -0.396 e. The number of hydrogen-bond acceptors (Lipinski definition) is 6. The van der Waals surface area contributed by atoms with E-state index in [9.17, 15) is 23.1 Å². The Balaban J connectivity index is 1.51. The number of aliphatic hydroxyl groups is 1. The van der Waals surface area contributed by atoms with Crippen molar-refractivity contribution in [1.29, 1.82) is 0 Å². The number of rotatable bonds is 2. The first-order valence-corrected chi connectivity index (χ1v) is 9.94. The molecule has 4 atom stereocenters. The molecule has 3 fully saturated rings. The normalized spacial score (nSPS) is 32.1. The number of hydrogen-bond donors (Lipinski definition) is 2. The molecule has 10 heteroatoms. The zero-order valence-corrected chi connectivity index (χ0v) is 15.5. The maximum absolute atomic E-state index is 13.6. The zero-order valence-electron chi connectivity index (χ0n) is 14.7. The summed E-state index contributed by atoms with van der Waals surface area (Å²) in [5.74, 6) is -0.927. The first-order valence-electron chi connectivity index (χ1n) is 9.06. The first kappa shape index (κ1) is 18.3. The Morgan fingerprint density at radius 1 is 1.50 bits per heavy atom. The van der Waals surface area contributed by atoms with Gasteiger partial charge in [-0.15, -0.1) is 11.3 Å². The van der Waals surface area contributed by atoms with Gasteiger partial charge in [-0.1, -0.05) is 0 Å². The maximum atomic E-state index is 13.6. The van der Waals surface area contributed by atoms with Crippen molar-refractivity contribution in [3.05, 3.63) is 28.8 Å². The highest BCUT2D eigenvalue weighted by atomic mass is 32.1. The lowest BCUT2D eigenvalue weighted by molar-refractivity contribution is -0.141. The van der Waals surface area contributed by atoms with Gasteiger partial charge in [-0.25, -0.2) is 4.98 Å². The predicted molar refractivity (Wildman–Crippen MR) is 95.1 cm³/mol. The summed E-state index contributed by atoms with van der Waals surface area (Å²) in [7, 11) is 0. The molecule has 5 heterocycles. The first-order chi connectivity index (χ1) is 13.3. The molecule has 2 bridgehead atoms. The number of amides is 1. The van der Waals surface area contributed by atoms with Crippen LogP contribution in [0, 0.1) is 11.8 Å². The van der Waals surface area contributed by atoms with E-state index in [-0.39, 0.29) is 43.2 Å². The fraction of sp³-hybridized carbons (Fsp3) is 0.556. The molecule has 0 saturated carbocycles. The molecule has 1 amide bonds. The van der Waals surface area contributed by atoms with E-state index in [0.29, 0.717) is 17.8 Å². The molecule has 6 nitrogen and oxygen atoms in total. The molecule has 0 aliphatic carbocycles. The number of carbonyl (C=O) groups is 1. The number of nitrogens with zero attached hydrogens (tertiary/aromatic N) is 2. The van der Waals surface area contributed by atoms with Gasteiger partial charge in [-0.05, 0) is 17.5 Å². The molecule has 2 aromatic heterocycles. The van der Waals surface area contributed by atoms with Crippen molar-refractivity contribution in [3.63, 3.8) is 0 Å². The second kappa shape index (κ2) is 6.12. The highest BCUT2D eigenvalue weighted by molar-refractivity contribution is 7.17. The molecule has 150 valence electrons. The highest BCUT2D eigenvalue weighted by Crippen LogP contribution is 2.47. The van der Waals surface area contributed by atoms with Gasteiger partial charge in [0.25, 0.3) is 5.91 Å². The van der Waals surface area contributed by atoms with E-state index in [1.807, 2.05) is 0 Å². The largest absolute Gasteiger partial charge is 0.434 e. The molecule has 3 saturated heterocycles. The molecule has 2 N–H and O–H groups in total. The third kappa shape index (κ3) is 2.58. The van der Waals surface area contributed by atoms with Crippen molar-refractivity contribution in [2.45, 2.75) is 17.9 Å². The molecule has 0 aromatic carbocycles. The highest BCUT2D eigenvalue weighted by Gasteiger charge is 2.61. The smallest absolute Gasteiger partial charge is 0.396 e. The average molecular weight is 413 g/mol. The van der Waals surface area contributed by atoms with E-state index in [1.54, 1.807) is 5.38 Å². The summed E-state index contributed by atoms with van der Waals surface area (Å²) in [5, 5.41) is 14.7. The predicted octanol–water partition coefficient (Wildman–Crippen LogP) is 1.74. The van der Waals surface area contributed by atoms with Crippen LogP contribution in [0.5, 0.6) is 0 Å². The molecular formula is C18H18F3N3O3S. The van der Waals surface area contributed by atoms with Crippen molar-refractivity contribution >= 4 is 27.5 Å². The van der Waals surface area contributed by atoms with E-state index in [0.717, 1.165) is 0 Å². The number of aromatic nitrogens is 1. The topological polar surface area (TPSA) is 74.7 Å². The van der Waals surface area contributed by atoms with Crippen LogP contribution in [0.1, 0.15) is 16.1 Å². The molecule has 28 heavy (non-hydrogen) atoms. The quantitative estimate of drug-likeness (QED) is 0.785. The number of halogens is 3. The van der Waals surface area contributed by atoms with Crippen molar-refractivity contribution in [2.24, 2.45) is 11.8 Å². The molecule has 3 aliphatic heterocycles. The number of alkyl halides is 3. The summed E-state index contributed by atoms with van der Waals surface area (Å²) in [6, 6.07) is 2.80. The molecule has 2 aromatic rings. The lowest BCUT2D eigenvalue weighted by atomic mass is 9.83. The van der Waals surface area contributed by atoms with E-state index in [1.165, 1.54) is 28.4 Å². The van der Waals surface area contributed by atoms with Crippen molar-refractivity contribution < 1.29 is 27.8 Å². The summed E-state index contributed by atoms with van der Waals surface area (Å²) in [6.07, 6.45) is -4.85. The van der Waals surface area contributed by atoms with Gasteiger partial charge in [0.2, 0.25) is 0 Å². The summed E-state index contributed by atoms with van der Waals surface area (Å²) >= 11 is 1.25. The molecule has 3 aliphatic rings. The number of ether oxygens (including phenoxy) is 1. The Kier molecular flexibility index (Phi) is 4.00. The standard InChI is InChI=1S/C18H18F3N3O3S/c19-18(20,21)15-9(3-14-12(23-15)1-2-28-14)16(26)24-5-11-10(6-25)13-4-22-7-17(11,8-24)27-13/h1-3,10-11,13,22,25H,4-8H2/t10-,11+,13+,17+/m0/s1. The number of pyridine rings is 1. The monoisotopic (exact) mass is 413 g/mol. The molecule has 0 unspecified atom stereocenters. The van der Waals surface area contributed by atoms with Gasteiger partial charge in [-0.2, -0.15) is 13.2 Å². The Morgan fingerprint density at radius 3 is 3.07 bits per heavy atom. The van der Waals surface area contributed by atoms with Crippen LogP contribution < -0.4 is 5.32 Å². The SMILES string of the molecule is O=C(c1cc2sccc2nc1C(F)(F)F)N1C[C@@H]2[C@H](CO)[C@H]3CNC[C@]2(C1)O3. The summed E-state index contributed by atoms with van der Waals surface area (Å²) < 4.78 is 47.4. The number of carbonyl (C=O) groups excluding carboxylic acids is 1. The summed E-state index contributed by atoms with van der Waals surface area (Å²) in [6.45, 7) is 1.55. The van der Waals surface area contributed by atoms with Crippen LogP contribution in [-0.2, 0) is 10.9 Å². The van der Waals surface area contributed by atoms with Gasteiger partial charge < -0.3 is 20.1 Å². The van der Waals surface area contributed by atoms with Crippen LogP contribution in [0.15, 0.2) is 17.5 Å². The Labute approximate surface area is 162 Å². The minimum absolute atomic E-state index is 0.0721. The number of likely N-dealkylation sites (tertiary alicyclic amines) is 1. The maximum Gasteiger partial charge on any atom is 0.434 e. The van der Waals surface area contributed by atoms with Crippen LogP contribution in [0.2, 0.25) is 0 Å². The zero-order chi connectivity index (χ0) is 19.7. The van der Waals surface area contributed by atoms with Crippen molar-refractivity contribution in [1.82, 2.24) is 15.2 Å². The Bertz CT molecular complexity index is 949. The second-order valence-corrected chi connectivity index (χ2v) is 8.62.